The molecule has 0 bridgehead atoms. The summed E-state index contributed by atoms with van der Waals surface area (Å²) in [5, 5.41) is 28.2. The SMILES string of the molecule is CC(=O)N[C@@H](Cc1ccccc1)C(=O)N[C@H]1CCCNC(=O)[C@H](Cc2ccc(O)cc2)NC(=O)[C@H](Cc2c[nH]c3ccccc23)NC(=O)[C@@H](CC2CCCCC2)NC(=O)[C@@H]2CCCN2C1=O. The van der Waals surface area contributed by atoms with Crippen LogP contribution in [0.2, 0.25) is 0 Å². The summed E-state index contributed by atoms with van der Waals surface area (Å²) >= 11 is 0. The van der Waals surface area contributed by atoms with Gasteiger partial charge in [0.05, 0.1) is 0 Å². The van der Waals surface area contributed by atoms with Gasteiger partial charge in [-0.15, -0.1) is 0 Å². The maximum Gasteiger partial charge on any atom is 0.245 e. The first kappa shape index (κ1) is 47.3. The number of hydrogen-bond donors (Lipinski definition) is 8. The van der Waals surface area contributed by atoms with E-state index in [0.29, 0.717) is 24.8 Å². The molecule has 16 heteroatoms. The number of aromatic hydroxyl groups is 1. The summed E-state index contributed by atoms with van der Waals surface area (Å²) in [6, 6.07) is 16.7. The van der Waals surface area contributed by atoms with E-state index in [2.05, 4.69) is 36.9 Å². The van der Waals surface area contributed by atoms with Gasteiger partial charge in [-0.3, -0.25) is 33.6 Å². The monoisotopic (exact) mass is 902 g/mol. The standard InChI is InChI=1S/C50H62N8O8/c1-31(59)53-41(26-32-12-4-2-5-13-32)46(62)54-39-18-10-24-51-45(61)40(28-34-20-22-36(60)23-21-34)55-48(64)43(29-35-30-52-38-17-9-8-16-37(35)38)56-47(63)42(27-33-14-6-3-7-15-33)57-49(65)44-19-11-25-58(44)50(39)66/h2,4-5,8-9,12-13,16-17,20-23,30,33,39-44,52,60H,3,6-7,10-11,14-15,18-19,24-29H2,1H3,(H,51,61)(H,53,59)(H,54,62)(H,55,64)(H,56,63)(H,57,65)/t39-,40-,41-,42+,43-,44-/m0/s1. The number of hydrogen-bond acceptors (Lipinski definition) is 8. The smallest absolute Gasteiger partial charge is 0.245 e. The number of amides is 7. The maximum atomic E-state index is 14.7. The van der Waals surface area contributed by atoms with E-state index in [1.807, 2.05) is 54.6 Å². The van der Waals surface area contributed by atoms with Crippen LogP contribution in [0.25, 0.3) is 10.9 Å². The lowest BCUT2D eigenvalue weighted by Gasteiger charge is -2.32. The van der Waals surface area contributed by atoms with Gasteiger partial charge in [0.1, 0.15) is 42.0 Å². The zero-order valence-electron chi connectivity index (χ0n) is 37.5. The first-order chi connectivity index (χ1) is 31.9. The topological polar surface area (TPSA) is 231 Å². The average Bonchev–Trinajstić information content (AvgIpc) is 3.98. The van der Waals surface area contributed by atoms with E-state index in [1.54, 1.807) is 18.3 Å². The molecule has 1 saturated carbocycles. The Balaban J connectivity index is 1.20. The number of nitrogens with zero attached hydrogens (tertiary/aromatic N) is 1. The largest absolute Gasteiger partial charge is 0.508 e. The molecule has 0 spiro atoms. The van der Waals surface area contributed by atoms with Crippen molar-refractivity contribution in [2.75, 3.05) is 13.1 Å². The van der Waals surface area contributed by atoms with Gasteiger partial charge in [0, 0.05) is 56.4 Å². The molecule has 1 aromatic heterocycles. The molecular weight excluding hydrogens is 841 g/mol. The second-order valence-corrected chi connectivity index (χ2v) is 18.0. The van der Waals surface area contributed by atoms with Crippen molar-refractivity contribution in [3.05, 3.63) is 102 Å². The minimum atomic E-state index is -1.16. The van der Waals surface area contributed by atoms with Crippen LogP contribution in [0.4, 0.5) is 0 Å². The highest BCUT2D eigenvalue weighted by atomic mass is 16.3. The highest BCUT2D eigenvalue weighted by Crippen LogP contribution is 2.28. The van der Waals surface area contributed by atoms with E-state index < -0.39 is 77.6 Å². The van der Waals surface area contributed by atoms with Crippen molar-refractivity contribution in [3.8, 4) is 5.75 Å². The summed E-state index contributed by atoms with van der Waals surface area (Å²) in [6.45, 7) is 1.61. The van der Waals surface area contributed by atoms with Gasteiger partial charge in [-0.1, -0.05) is 92.8 Å². The van der Waals surface area contributed by atoms with Crippen LogP contribution in [0, 0.1) is 5.92 Å². The Bertz CT molecular complexity index is 2350. The number of aromatic nitrogens is 1. The number of nitrogens with one attached hydrogen (secondary N) is 7. The van der Waals surface area contributed by atoms with Crippen molar-refractivity contribution >= 4 is 52.3 Å². The summed E-state index contributed by atoms with van der Waals surface area (Å²) in [5.74, 6) is -3.49. The molecule has 4 aromatic rings. The van der Waals surface area contributed by atoms with Crippen LogP contribution in [0.1, 0.15) is 87.8 Å². The number of phenolic OH excluding ortho intramolecular Hbond substituents is 1. The van der Waals surface area contributed by atoms with Crippen molar-refractivity contribution in [2.24, 2.45) is 5.92 Å². The Labute approximate surface area is 384 Å². The van der Waals surface area contributed by atoms with Gasteiger partial charge in [0.15, 0.2) is 0 Å². The Hall–Kier alpha value is -6.71. The van der Waals surface area contributed by atoms with Gasteiger partial charge in [0.2, 0.25) is 41.4 Å². The van der Waals surface area contributed by atoms with E-state index >= 15 is 0 Å². The molecule has 3 aromatic carbocycles. The summed E-state index contributed by atoms with van der Waals surface area (Å²) in [5.41, 5.74) is 3.07. The molecule has 1 aliphatic carbocycles. The molecule has 2 saturated heterocycles. The van der Waals surface area contributed by atoms with Crippen LogP contribution in [-0.2, 0) is 52.8 Å². The van der Waals surface area contributed by atoms with Crippen LogP contribution in [0.5, 0.6) is 5.75 Å². The first-order valence-corrected chi connectivity index (χ1v) is 23.4. The van der Waals surface area contributed by atoms with Gasteiger partial charge in [0.25, 0.3) is 0 Å². The fourth-order valence-corrected chi connectivity index (χ4v) is 9.59. The van der Waals surface area contributed by atoms with Crippen LogP contribution in [-0.4, -0.2) is 106 Å². The Morgan fingerprint density at radius 1 is 0.712 bits per heavy atom. The molecular formula is C50H62N8O8. The summed E-state index contributed by atoms with van der Waals surface area (Å²) in [6.07, 6.45) is 8.39. The number of fused-ring (bicyclic) bond motifs is 2. The second-order valence-electron chi connectivity index (χ2n) is 18.0. The molecule has 0 radical (unpaired) electrons. The Morgan fingerprint density at radius 2 is 1.39 bits per heavy atom. The fourth-order valence-electron chi connectivity index (χ4n) is 9.59. The molecule has 350 valence electrons. The van der Waals surface area contributed by atoms with E-state index in [1.165, 1.54) is 24.0 Å². The second kappa shape index (κ2) is 22.5. The summed E-state index contributed by atoms with van der Waals surface area (Å²) in [4.78, 5) is 104. The zero-order chi connectivity index (χ0) is 46.6. The molecule has 0 unspecified atom stereocenters. The van der Waals surface area contributed by atoms with Gasteiger partial charge >= 0.3 is 0 Å². The van der Waals surface area contributed by atoms with Crippen molar-refractivity contribution in [1.29, 1.82) is 0 Å². The van der Waals surface area contributed by atoms with Crippen LogP contribution >= 0.6 is 0 Å². The lowest BCUT2D eigenvalue weighted by atomic mass is 9.84. The number of benzene rings is 3. The van der Waals surface area contributed by atoms with Crippen molar-refractivity contribution in [2.45, 2.75) is 127 Å². The third kappa shape index (κ3) is 12.5. The van der Waals surface area contributed by atoms with Gasteiger partial charge in [-0.2, -0.15) is 0 Å². The highest BCUT2D eigenvalue weighted by Gasteiger charge is 2.40. The van der Waals surface area contributed by atoms with Gasteiger partial charge < -0.3 is 46.9 Å². The lowest BCUT2D eigenvalue weighted by Crippen LogP contribution is -2.60. The average molecular weight is 903 g/mol. The van der Waals surface area contributed by atoms with Gasteiger partial charge in [-0.25, -0.2) is 0 Å². The number of phenols is 1. The molecule has 7 amide bonds. The van der Waals surface area contributed by atoms with E-state index in [4.69, 9.17) is 0 Å². The maximum absolute atomic E-state index is 14.7. The van der Waals surface area contributed by atoms with Crippen molar-refractivity contribution in [3.63, 3.8) is 0 Å². The number of aromatic amines is 1. The number of para-hydroxylation sites is 1. The molecule has 3 aliphatic rings. The summed E-state index contributed by atoms with van der Waals surface area (Å²) < 4.78 is 0. The molecule has 6 atom stereocenters. The first-order valence-electron chi connectivity index (χ1n) is 23.4. The van der Waals surface area contributed by atoms with E-state index in [9.17, 15) is 38.7 Å². The third-order valence-electron chi connectivity index (χ3n) is 13.1. The van der Waals surface area contributed by atoms with Crippen molar-refractivity contribution in [1.82, 2.24) is 41.8 Å². The Morgan fingerprint density at radius 3 is 2.14 bits per heavy atom. The Kier molecular flexibility index (Phi) is 16.1. The van der Waals surface area contributed by atoms with Crippen LogP contribution in [0.3, 0.4) is 0 Å². The third-order valence-corrected chi connectivity index (χ3v) is 13.1. The molecule has 3 heterocycles. The number of carbonyl (C=O) groups is 7. The van der Waals surface area contributed by atoms with E-state index in [-0.39, 0.29) is 56.9 Å². The van der Waals surface area contributed by atoms with Crippen molar-refractivity contribution < 1.29 is 38.7 Å². The normalized spacial score (nSPS) is 23.3. The predicted molar refractivity (Wildman–Crippen MR) is 247 cm³/mol. The molecule has 66 heavy (non-hydrogen) atoms. The number of carbonyl (C=O) groups excluding carboxylic acids is 7. The molecule has 7 rings (SSSR count). The molecule has 16 nitrogen and oxygen atoms in total. The minimum absolute atomic E-state index is 0.0354. The minimum Gasteiger partial charge on any atom is -0.508 e. The lowest BCUT2D eigenvalue weighted by molar-refractivity contribution is -0.142. The summed E-state index contributed by atoms with van der Waals surface area (Å²) in [7, 11) is 0. The quantitative estimate of drug-likeness (QED) is 0.111. The van der Waals surface area contributed by atoms with Crippen LogP contribution < -0.4 is 31.9 Å². The highest BCUT2D eigenvalue weighted by molar-refractivity contribution is 5.98. The predicted octanol–water partition coefficient (Wildman–Crippen LogP) is 3.22. The number of H-pyrrole nitrogens is 1. The van der Waals surface area contributed by atoms with Crippen LogP contribution in [0.15, 0.2) is 85.1 Å². The zero-order valence-corrected chi connectivity index (χ0v) is 37.5. The van der Waals surface area contributed by atoms with E-state index in [0.717, 1.165) is 54.1 Å². The fraction of sp³-hybridized carbons (Fsp3) is 0.460. The molecule has 8 N–H and O–H groups in total. The number of rotatable bonds is 11. The van der Waals surface area contributed by atoms with Gasteiger partial charge in [-0.05, 0) is 72.9 Å². The molecule has 2 aliphatic heterocycles. The molecule has 3 fully saturated rings.